The maximum atomic E-state index is 13.0. The number of ether oxygens (including phenoxy) is 1. The lowest BCUT2D eigenvalue weighted by molar-refractivity contribution is -0.167. The Bertz CT molecular complexity index is 598. The second-order valence-corrected chi connectivity index (χ2v) is 10.8. The first-order valence-electron chi connectivity index (χ1n) is 10.5. The van der Waals surface area contributed by atoms with Crippen LogP contribution in [-0.2, 0) is 19.1 Å². The molecule has 0 spiro atoms. The standard InChI is InChI=1S/C23H38O4/c1-9-13(2)20(25)19-16-10-15(18(19)14(3)24)11-17(16)27-21(26)23(7,8)12-22(4,5)6/h13,15-19H,9-12H2,1-8H3/t13-,15?,16?,17?,18?,19?/m1/s1. The van der Waals surface area contributed by atoms with E-state index in [1.54, 1.807) is 6.92 Å². The molecule has 2 aliphatic rings. The lowest BCUT2D eigenvalue weighted by Gasteiger charge is -2.37. The van der Waals surface area contributed by atoms with E-state index < -0.39 is 5.41 Å². The molecule has 27 heavy (non-hydrogen) atoms. The number of fused-ring (bicyclic) bond motifs is 2. The molecule has 0 amide bonds. The minimum atomic E-state index is -0.559. The van der Waals surface area contributed by atoms with Gasteiger partial charge in [0.15, 0.2) is 0 Å². The molecule has 5 unspecified atom stereocenters. The van der Waals surface area contributed by atoms with Gasteiger partial charge in [-0.1, -0.05) is 34.6 Å². The Morgan fingerprint density at radius 3 is 2.11 bits per heavy atom. The number of esters is 1. The van der Waals surface area contributed by atoms with Crippen molar-refractivity contribution >= 4 is 17.5 Å². The number of hydrogen-bond acceptors (Lipinski definition) is 4. The predicted octanol–water partition coefficient (Wildman–Crippen LogP) is 4.84. The van der Waals surface area contributed by atoms with Gasteiger partial charge in [-0.25, -0.2) is 0 Å². The maximum Gasteiger partial charge on any atom is 0.311 e. The van der Waals surface area contributed by atoms with E-state index in [-0.39, 0.29) is 58.6 Å². The summed E-state index contributed by atoms with van der Waals surface area (Å²) in [5.74, 6) is -0.224. The molecule has 0 aromatic rings. The van der Waals surface area contributed by atoms with E-state index in [2.05, 4.69) is 20.8 Å². The van der Waals surface area contributed by atoms with Gasteiger partial charge in [-0.05, 0) is 57.8 Å². The fraction of sp³-hybridized carbons (Fsp3) is 0.870. The molecule has 2 fully saturated rings. The Hall–Kier alpha value is -1.19. The summed E-state index contributed by atoms with van der Waals surface area (Å²) in [6.07, 6.45) is 2.84. The third-order valence-electron chi connectivity index (χ3n) is 6.62. The molecular formula is C23H38O4. The molecule has 2 bridgehead atoms. The molecule has 0 radical (unpaired) electrons. The van der Waals surface area contributed by atoms with Crippen LogP contribution < -0.4 is 0 Å². The van der Waals surface area contributed by atoms with Crippen LogP contribution in [0.1, 0.15) is 81.1 Å². The summed E-state index contributed by atoms with van der Waals surface area (Å²) in [4.78, 5) is 38.1. The highest BCUT2D eigenvalue weighted by molar-refractivity contribution is 5.91. The molecule has 2 aliphatic carbocycles. The Labute approximate surface area is 164 Å². The van der Waals surface area contributed by atoms with Crippen molar-refractivity contribution in [2.24, 2.45) is 40.4 Å². The minimum Gasteiger partial charge on any atom is -0.462 e. The average Bonchev–Trinajstić information content (AvgIpc) is 3.08. The first-order valence-corrected chi connectivity index (χ1v) is 10.5. The van der Waals surface area contributed by atoms with Crippen LogP contribution in [0.15, 0.2) is 0 Å². The van der Waals surface area contributed by atoms with Gasteiger partial charge in [0, 0.05) is 23.7 Å². The van der Waals surface area contributed by atoms with E-state index in [1.165, 1.54) is 0 Å². The number of Topliss-reactive ketones (excluding diaryl/α,β-unsaturated/α-hetero) is 2. The lowest BCUT2D eigenvalue weighted by Crippen LogP contribution is -2.44. The molecular weight excluding hydrogens is 340 g/mol. The zero-order valence-electron chi connectivity index (χ0n) is 18.4. The zero-order chi connectivity index (χ0) is 20.7. The largest absolute Gasteiger partial charge is 0.462 e. The third-order valence-corrected chi connectivity index (χ3v) is 6.62. The second-order valence-electron chi connectivity index (χ2n) is 10.8. The molecule has 0 N–H and O–H groups in total. The van der Waals surface area contributed by atoms with Crippen LogP contribution in [0.4, 0.5) is 0 Å². The van der Waals surface area contributed by atoms with Gasteiger partial charge in [0.25, 0.3) is 0 Å². The van der Waals surface area contributed by atoms with Crippen molar-refractivity contribution in [2.75, 3.05) is 0 Å². The van der Waals surface area contributed by atoms with Gasteiger partial charge in [0.1, 0.15) is 17.7 Å². The molecule has 4 nitrogen and oxygen atoms in total. The van der Waals surface area contributed by atoms with Crippen molar-refractivity contribution in [3.63, 3.8) is 0 Å². The van der Waals surface area contributed by atoms with E-state index in [9.17, 15) is 14.4 Å². The summed E-state index contributed by atoms with van der Waals surface area (Å²) in [6.45, 7) is 15.8. The van der Waals surface area contributed by atoms with Crippen LogP contribution >= 0.6 is 0 Å². The first kappa shape index (κ1) is 22.1. The Balaban J connectivity index is 2.16. The lowest BCUT2D eigenvalue weighted by atomic mass is 9.71. The van der Waals surface area contributed by atoms with Crippen LogP contribution in [0.5, 0.6) is 0 Å². The average molecular weight is 379 g/mol. The van der Waals surface area contributed by atoms with Crippen molar-refractivity contribution < 1.29 is 19.1 Å². The highest BCUT2D eigenvalue weighted by atomic mass is 16.5. The monoisotopic (exact) mass is 378 g/mol. The fourth-order valence-corrected chi connectivity index (χ4v) is 5.63. The van der Waals surface area contributed by atoms with Crippen LogP contribution in [0.2, 0.25) is 0 Å². The summed E-state index contributed by atoms with van der Waals surface area (Å²) in [7, 11) is 0. The molecule has 0 aliphatic heterocycles. The van der Waals surface area contributed by atoms with Crippen molar-refractivity contribution in [3.8, 4) is 0 Å². The van der Waals surface area contributed by atoms with E-state index in [1.807, 2.05) is 27.7 Å². The predicted molar refractivity (Wildman–Crippen MR) is 106 cm³/mol. The number of carbonyl (C=O) groups excluding carboxylic acids is 3. The van der Waals surface area contributed by atoms with E-state index in [0.717, 1.165) is 25.7 Å². The molecule has 6 atom stereocenters. The van der Waals surface area contributed by atoms with Gasteiger partial charge < -0.3 is 4.74 Å². The summed E-state index contributed by atoms with van der Waals surface area (Å²) in [5, 5.41) is 0. The smallest absolute Gasteiger partial charge is 0.311 e. The molecule has 0 heterocycles. The van der Waals surface area contributed by atoms with E-state index >= 15 is 0 Å². The SMILES string of the molecule is CC[C@@H](C)C(=O)C1C2CC(CC2OC(=O)C(C)(C)CC(C)(C)C)C1C(C)=O. The van der Waals surface area contributed by atoms with Crippen LogP contribution in [0.25, 0.3) is 0 Å². The first-order chi connectivity index (χ1) is 12.3. The Morgan fingerprint density at radius 2 is 1.63 bits per heavy atom. The summed E-state index contributed by atoms with van der Waals surface area (Å²) in [5.41, 5.74) is -0.526. The zero-order valence-corrected chi connectivity index (χ0v) is 18.4. The van der Waals surface area contributed by atoms with Crippen molar-refractivity contribution in [1.82, 2.24) is 0 Å². The number of hydrogen-bond donors (Lipinski definition) is 0. The van der Waals surface area contributed by atoms with Crippen LogP contribution in [0.3, 0.4) is 0 Å². The molecule has 2 saturated carbocycles. The van der Waals surface area contributed by atoms with E-state index in [4.69, 9.17) is 4.74 Å². The molecule has 0 aromatic carbocycles. The van der Waals surface area contributed by atoms with Gasteiger partial charge >= 0.3 is 5.97 Å². The van der Waals surface area contributed by atoms with E-state index in [0.29, 0.717) is 0 Å². The second kappa shape index (κ2) is 7.67. The highest BCUT2D eigenvalue weighted by Gasteiger charge is 2.58. The Morgan fingerprint density at radius 1 is 1.04 bits per heavy atom. The molecule has 4 heteroatoms. The summed E-state index contributed by atoms with van der Waals surface area (Å²) < 4.78 is 5.98. The molecule has 0 aromatic heterocycles. The molecule has 0 saturated heterocycles. The number of ketones is 2. The van der Waals surface area contributed by atoms with Gasteiger partial charge in [-0.2, -0.15) is 0 Å². The highest BCUT2D eigenvalue weighted by Crippen LogP contribution is 2.55. The number of rotatable bonds is 7. The quantitative estimate of drug-likeness (QED) is 0.595. The normalized spacial score (nSPS) is 31.6. The van der Waals surface area contributed by atoms with Gasteiger partial charge in [-0.3, -0.25) is 14.4 Å². The topological polar surface area (TPSA) is 60.4 Å². The summed E-state index contributed by atoms with van der Waals surface area (Å²) >= 11 is 0. The molecule has 154 valence electrons. The van der Waals surface area contributed by atoms with Crippen LogP contribution in [0, 0.1) is 40.4 Å². The van der Waals surface area contributed by atoms with Crippen molar-refractivity contribution in [1.29, 1.82) is 0 Å². The van der Waals surface area contributed by atoms with Crippen LogP contribution in [-0.4, -0.2) is 23.6 Å². The Kier molecular flexibility index (Phi) is 6.28. The minimum absolute atomic E-state index is 0.000197. The van der Waals surface area contributed by atoms with Crippen molar-refractivity contribution in [2.45, 2.75) is 87.2 Å². The third kappa shape index (κ3) is 4.63. The fourth-order valence-electron chi connectivity index (χ4n) is 5.63. The number of carbonyl (C=O) groups is 3. The maximum absolute atomic E-state index is 13.0. The molecule has 2 rings (SSSR count). The summed E-state index contributed by atoms with van der Waals surface area (Å²) in [6, 6.07) is 0. The van der Waals surface area contributed by atoms with Gasteiger partial charge in [-0.15, -0.1) is 0 Å². The van der Waals surface area contributed by atoms with Gasteiger partial charge in [0.2, 0.25) is 0 Å². The van der Waals surface area contributed by atoms with Gasteiger partial charge in [0.05, 0.1) is 5.41 Å². The van der Waals surface area contributed by atoms with Crippen molar-refractivity contribution in [3.05, 3.63) is 0 Å².